The highest BCUT2D eigenvalue weighted by Crippen LogP contribution is 2.44. The first-order valence-electron chi connectivity index (χ1n) is 10.7. The second-order valence-electron chi connectivity index (χ2n) is 8.29. The molecule has 2 aliphatic heterocycles. The minimum atomic E-state index is -0.694. The first-order chi connectivity index (χ1) is 15.3. The van der Waals surface area contributed by atoms with Gasteiger partial charge in [0.15, 0.2) is 0 Å². The number of fused-ring (bicyclic) bond motifs is 3. The van der Waals surface area contributed by atoms with Gasteiger partial charge in [-0.15, -0.1) is 17.9 Å². The number of rotatable bonds is 8. The zero-order valence-corrected chi connectivity index (χ0v) is 19.6. The third-order valence-electron chi connectivity index (χ3n) is 6.20. The molecule has 2 aromatic rings. The molecule has 32 heavy (non-hydrogen) atoms. The van der Waals surface area contributed by atoms with Crippen molar-refractivity contribution in [2.24, 2.45) is 0 Å². The molecule has 0 N–H and O–H groups in total. The van der Waals surface area contributed by atoms with Crippen LogP contribution in [0.2, 0.25) is 4.34 Å². The Morgan fingerprint density at radius 1 is 1.28 bits per heavy atom. The quantitative estimate of drug-likeness (QED) is 0.524. The maximum atomic E-state index is 13.3. The lowest BCUT2D eigenvalue weighted by molar-refractivity contribution is -0.131. The highest BCUT2D eigenvalue weighted by Gasteiger charge is 2.52. The smallest absolute Gasteiger partial charge is 0.257 e. The number of hydrogen-bond donors (Lipinski definition) is 0. The number of nitrogens with zero attached hydrogens (tertiary/aromatic N) is 3. The van der Waals surface area contributed by atoms with Gasteiger partial charge in [0.05, 0.1) is 22.1 Å². The van der Waals surface area contributed by atoms with E-state index in [-0.39, 0.29) is 17.7 Å². The Kier molecular flexibility index (Phi) is 6.40. The summed E-state index contributed by atoms with van der Waals surface area (Å²) in [6.07, 6.45) is 3.53. The number of anilines is 1. The average Bonchev–Trinajstić information content (AvgIpc) is 3.32. The third kappa shape index (κ3) is 4.07. The standard InChI is InChI=1S/C24H26ClN3O3S/c1-3-14-26(16-17-10-11-20(25)32-17)21(29)9-6-15-27-23(31)18-7-4-5-8-19(18)28-22(30)12-13-24(27,28)2/h3-5,7-8,10-11H,1,6,9,12-16H2,2H3. The molecule has 1 aromatic heterocycles. The molecule has 2 aliphatic rings. The van der Waals surface area contributed by atoms with E-state index in [1.807, 2.05) is 37.3 Å². The summed E-state index contributed by atoms with van der Waals surface area (Å²) in [6, 6.07) is 11.0. The van der Waals surface area contributed by atoms with Crippen molar-refractivity contribution >= 4 is 46.3 Å². The van der Waals surface area contributed by atoms with Gasteiger partial charge in [0, 0.05) is 30.8 Å². The van der Waals surface area contributed by atoms with E-state index < -0.39 is 5.66 Å². The molecule has 1 aromatic carbocycles. The van der Waals surface area contributed by atoms with E-state index in [2.05, 4.69) is 6.58 Å². The predicted octanol–water partition coefficient (Wildman–Crippen LogP) is 4.70. The van der Waals surface area contributed by atoms with Gasteiger partial charge in [0.2, 0.25) is 11.8 Å². The van der Waals surface area contributed by atoms with E-state index in [1.165, 1.54) is 11.3 Å². The van der Waals surface area contributed by atoms with Crippen molar-refractivity contribution in [1.29, 1.82) is 0 Å². The molecule has 0 spiro atoms. The molecule has 0 saturated carbocycles. The number of amides is 3. The molecule has 4 rings (SSSR count). The van der Waals surface area contributed by atoms with E-state index in [0.29, 0.717) is 60.9 Å². The van der Waals surface area contributed by atoms with E-state index in [1.54, 1.807) is 26.8 Å². The molecule has 6 nitrogen and oxygen atoms in total. The number of para-hydroxylation sites is 1. The van der Waals surface area contributed by atoms with E-state index in [0.717, 1.165) is 4.88 Å². The van der Waals surface area contributed by atoms with Crippen molar-refractivity contribution in [1.82, 2.24) is 9.80 Å². The van der Waals surface area contributed by atoms with Crippen LogP contribution in [0, 0.1) is 0 Å². The summed E-state index contributed by atoms with van der Waals surface area (Å²) in [5, 5.41) is 0. The van der Waals surface area contributed by atoms with Crippen molar-refractivity contribution in [2.75, 3.05) is 18.0 Å². The summed E-state index contributed by atoms with van der Waals surface area (Å²) in [6.45, 7) is 7.04. The summed E-state index contributed by atoms with van der Waals surface area (Å²) in [5.74, 6) is -0.0539. The molecule has 1 saturated heterocycles. The molecule has 1 fully saturated rings. The van der Waals surface area contributed by atoms with Gasteiger partial charge in [0.25, 0.3) is 5.91 Å². The average molecular weight is 472 g/mol. The van der Waals surface area contributed by atoms with Crippen LogP contribution in [0.1, 0.15) is 47.8 Å². The van der Waals surface area contributed by atoms with Crippen LogP contribution < -0.4 is 4.90 Å². The van der Waals surface area contributed by atoms with Gasteiger partial charge in [-0.2, -0.15) is 0 Å². The van der Waals surface area contributed by atoms with Gasteiger partial charge in [-0.3, -0.25) is 19.3 Å². The zero-order chi connectivity index (χ0) is 22.9. The van der Waals surface area contributed by atoms with Crippen LogP contribution in [0.25, 0.3) is 0 Å². The zero-order valence-electron chi connectivity index (χ0n) is 18.1. The highest BCUT2D eigenvalue weighted by molar-refractivity contribution is 7.16. The molecular weight excluding hydrogens is 446 g/mol. The lowest BCUT2D eigenvalue weighted by Crippen LogP contribution is -2.62. The van der Waals surface area contributed by atoms with E-state index in [9.17, 15) is 14.4 Å². The maximum absolute atomic E-state index is 13.3. The Hall–Kier alpha value is -2.64. The summed E-state index contributed by atoms with van der Waals surface area (Å²) in [5.41, 5.74) is 0.524. The van der Waals surface area contributed by atoms with Gasteiger partial charge in [-0.05, 0) is 44.0 Å². The maximum Gasteiger partial charge on any atom is 0.257 e. The first-order valence-corrected chi connectivity index (χ1v) is 11.9. The van der Waals surface area contributed by atoms with Crippen LogP contribution in [0.15, 0.2) is 49.1 Å². The van der Waals surface area contributed by atoms with Crippen LogP contribution in [0.3, 0.4) is 0 Å². The van der Waals surface area contributed by atoms with Crippen LogP contribution in [0.5, 0.6) is 0 Å². The molecule has 0 radical (unpaired) electrons. The Balaban J connectivity index is 1.45. The second kappa shape index (κ2) is 9.08. The number of carbonyl (C=O) groups excluding carboxylic acids is 3. The minimum Gasteiger partial charge on any atom is -0.334 e. The Morgan fingerprint density at radius 3 is 2.78 bits per heavy atom. The van der Waals surface area contributed by atoms with Crippen LogP contribution >= 0.6 is 22.9 Å². The summed E-state index contributed by atoms with van der Waals surface area (Å²) in [7, 11) is 0. The fraction of sp³-hybridized carbons (Fsp3) is 0.375. The Bertz CT molecular complexity index is 1070. The molecule has 3 amide bonds. The molecule has 8 heteroatoms. The Morgan fingerprint density at radius 2 is 2.06 bits per heavy atom. The largest absolute Gasteiger partial charge is 0.334 e. The van der Waals surface area contributed by atoms with Crippen molar-refractivity contribution in [3.8, 4) is 0 Å². The predicted molar refractivity (Wildman–Crippen MR) is 127 cm³/mol. The highest BCUT2D eigenvalue weighted by atomic mass is 35.5. The van der Waals surface area contributed by atoms with Crippen LogP contribution in [0.4, 0.5) is 5.69 Å². The molecule has 1 unspecified atom stereocenters. The van der Waals surface area contributed by atoms with E-state index in [4.69, 9.17) is 11.6 Å². The third-order valence-corrected chi connectivity index (χ3v) is 7.41. The minimum absolute atomic E-state index is 0.00351. The van der Waals surface area contributed by atoms with Crippen molar-refractivity contribution in [3.63, 3.8) is 0 Å². The van der Waals surface area contributed by atoms with Crippen molar-refractivity contribution in [3.05, 3.63) is 63.8 Å². The monoisotopic (exact) mass is 471 g/mol. The fourth-order valence-electron chi connectivity index (χ4n) is 4.62. The number of hydrogen-bond acceptors (Lipinski definition) is 4. The number of carbonyl (C=O) groups is 3. The van der Waals surface area contributed by atoms with Gasteiger partial charge in [0.1, 0.15) is 5.66 Å². The molecule has 0 bridgehead atoms. The van der Waals surface area contributed by atoms with Gasteiger partial charge in [-0.25, -0.2) is 0 Å². The number of halogens is 1. The number of thiophene rings is 1. The Labute approximate surface area is 197 Å². The molecule has 168 valence electrons. The summed E-state index contributed by atoms with van der Waals surface area (Å²) >= 11 is 7.47. The molecule has 0 aliphatic carbocycles. The molecule has 3 heterocycles. The van der Waals surface area contributed by atoms with Gasteiger partial charge in [-0.1, -0.05) is 29.8 Å². The van der Waals surface area contributed by atoms with Crippen LogP contribution in [-0.4, -0.2) is 46.3 Å². The topological polar surface area (TPSA) is 60.9 Å². The van der Waals surface area contributed by atoms with Crippen molar-refractivity contribution < 1.29 is 14.4 Å². The SMILES string of the molecule is C=CCN(Cc1ccc(Cl)s1)C(=O)CCCN1C(=O)c2ccccc2N2C(=O)CCC12C. The lowest BCUT2D eigenvalue weighted by Gasteiger charge is -2.48. The lowest BCUT2D eigenvalue weighted by atomic mass is 9.98. The second-order valence-corrected chi connectivity index (χ2v) is 10.1. The summed E-state index contributed by atoms with van der Waals surface area (Å²) < 4.78 is 0.693. The van der Waals surface area contributed by atoms with E-state index >= 15 is 0 Å². The molecule has 1 atom stereocenters. The van der Waals surface area contributed by atoms with Crippen molar-refractivity contribution in [2.45, 2.75) is 44.8 Å². The normalized spacial score (nSPS) is 19.7. The van der Waals surface area contributed by atoms with Gasteiger partial charge >= 0.3 is 0 Å². The number of benzene rings is 1. The first kappa shape index (κ1) is 22.6. The van der Waals surface area contributed by atoms with Crippen LogP contribution in [-0.2, 0) is 16.1 Å². The fourth-order valence-corrected chi connectivity index (χ4v) is 5.73. The summed E-state index contributed by atoms with van der Waals surface area (Å²) in [4.78, 5) is 45.1. The molecular formula is C24H26ClN3O3S. The van der Waals surface area contributed by atoms with Gasteiger partial charge < -0.3 is 9.80 Å².